The highest BCUT2D eigenvalue weighted by molar-refractivity contribution is 7.80. The van der Waals surface area contributed by atoms with Crippen molar-refractivity contribution >= 4 is 36.4 Å². The van der Waals surface area contributed by atoms with E-state index in [4.69, 9.17) is 4.74 Å². The third-order valence-electron chi connectivity index (χ3n) is 6.09. The molecule has 6 atom stereocenters. The van der Waals surface area contributed by atoms with E-state index in [2.05, 4.69) is 28.6 Å². The number of likely N-dealkylation sites (tertiary alicyclic amines) is 1. The van der Waals surface area contributed by atoms with Gasteiger partial charge in [0.25, 0.3) is 0 Å². The van der Waals surface area contributed by atoms with Gasteiger partial charge in [-0.05, 0) is 51.9 Å². The Balaban J connectivity index is 2.12. The highest BCUT2D eigenvalue weighted by Crippen LogP contribution is 2.26. The number of nitrogens with zero attached hydrogens (tertiary/aromatic N) is 1. The number of carbonyl (C=O) groups excluding carboxylic acids is 4. The highest BCUT2D eigenvalue weighted by atomic mass is 32.1. The second kappa shape index (κ2) is 11.6. The van der Waals surface area contributed by atoms with Crippen LogP contribution in [0.2, 0.25) is 0 Å². The lowest BCUT2D eigenvalue weighted by atomic mass is 9.98. The summed E-state index contributed by atoms with van der Waals surface area (Å²) in [5.41, 5.74) is -1.87. The van der Waals surface area contributed by atoms with Crippen LogP contribution in [0.4, 0.5) is 4.79 Å². The van der Waals surface area contributed by atoms with Crippen LogP contribution in [0.3, 0.4) is 0 Å². The molecule has 0 aromatic heterocycles. The third-order valence-corrected chi connectivity index (χ3v) is 6.45. The summed E-state index contributed by atoms with van der Waals surface area (Å²) >= 11 is 4.09. The van der Waals surface area contributed by atoms with E-state index in [9.17, 15) is 24.3 Å². The minimum Gasteiger partial charge on any atom is -0.444 e. The summed E-state index contributed by atoms with van der Waals surface area (Å²) in [7, 11) is 0. The number of alkyl carbamates (subject to hydrolysis) is 1. The topological polar surface area (TPSA) is 137 Å². The van der Waals surface area contributed by atoms with Gasteiger partial charge in [-0.3, -0.25) is 14.4 Å². The van der Waals surface area contributed by atoms with E-state index in [1.54, 1.807) is 20.8 Å². The van der Waals surface area contributed by atoms with E-state index in [1.165, 1.54) is 4.90 Å². The van der Waals surface area contributed by atoms with Gasteiger partial charge in [-0.15, -0.1) is 12.6 Å². The fourth-order valence-electron chi connectivity index (χ4n) is 4.38. The van der Waals surface area contributed by atoms with Crippen molar-refractivity contribution < 1.29 is 29.0 Å². The van der Waals surface area contributed by atoms with E-state index >= 15 is 0 Å². The number of hydrogen-bond donors (Lipinski definition) is 5. The van der Waals surface area contributed by atoms with E-state index in [-0.39, 0.29) is 36.0 Å². The van der Waals surface area contributed by atoms with Crippen molar-refractivity contribution in [3.63, 3.8) is 0 Å². The molecular formula is C23H40N4O6S. The third kappa shape index (κ3) is 7.76. The van der Waals surface area contributed by atoms with Crippen LogP contribution in [0, 0.1) is 17.8 Å². The summed E-state index contributed by atoms with van der Waals surface area (Å²) in [5, 5.41) is 18.3. The van der Waals surface area contributed by atoms with E-state index in [0.29, 0.717) is 25.9 Å². The van der Waals surface area contributed by atoms with Crippen molar-refractivity contribution in [2.75, 3.05) is 13.1 Å². The largest absolute Gasteiger partial charge is 0.444 e. The molecule has 2 saturated heterocycles. The van der Waals surface area contributed by atoms with Gasteiger partial charge < -0.3 is 30.7 Å². The van der Waals surface area contributed by atoms with Crippen molar-refractivity contribution in [1.29, 1.82) is 0 Å². The zero-order valence-electron chi connectivity index (χ0n) is 21.0. The van der Waals surface area contributed by atoms with Crippen LogP contribution in [-0.2, 0) is 19.1 Å². The summed E-state index contributed by atoms with van der Waals surface area (Å²) in [6, 6.07) is -2.35. The predicted molar refractivity (Wildman–Crippen MR) is 130 cm³/mol. The first-order chi connectivity index (χ1) is 15.7. The Bertz CT molecular complexity index is 769. The molecule has 0 aromatic carbocycles. The monoisotopic (exact) mass is 500 g/mol. The fourth-order valence-corrected chi connectivity index (χ4v) is 4.57. The lowest BCUT2D eigenvalue weighted by Crippen LogP contribution is -2.57. The Kier molecular flexibility index (Phi) is 9.64. The smallest absolute Gasteiger partial charge is 0.408 e. The molecule has 4 amide bonds. The lowest BCUT2D eigenvalue weighted by molar-refractivity contribution is -0.141. The molecule has 34 heavy (non-hydrogen) atoms. The highest BCUT2D eigenvalue weighted by Gasteiger charge is 2.42. The molecule has 0 aromatic rings. The molecule has 11 heteroatoms. The predicted octanol–water partition coefficient (Wildman–Crippen LogP) is 1.03. The van der Waals surface area contributed by atoms with Crippen molar-refractivity contribution in [3.05, 3.63) is 0 Å². The number of aliphatic hydroxyl groups is 1. The summed E-state index contributed by atoms with van der Waals surface area (Å²) < 4.78 is 5.31. The normalized spacial score (nSPS) is 25.5. The molecule has 10 nitrogen and oxygen atoms in total. The number of amides is 4. The minimum absolute atomic E-state index is 0.0778. The first-order valence-electron chi connectivity index (χ1n) is 11.9. The van der Waals surface area contributed by atoms with Crippen molar-refractivity contribution in [2.45, 2.75) is 90.0 Å². The number of thiol groups is 1. The average Bonchev–Trinajstić information content (AvgIpc) is 3.28. The van der Waals surface area contributed by atoms with Crippen LogP contribution < -0.4 is 16.0 Å². The molecule has 0 saturated carbocycles. The summed E-state index contributed by atoms with van der Waals surface area (Å²) in [5.74, 6) is -1.33. The lowest BCUT2D eigenvalue weighted by Gasteiger charge is -2.32. The van der Waals surface area contributed by atoms with Gasteiger partial charge in [0.2, 0.25) is 17.7 Å². The molecule has 0 radical (unpaired) electrons. The standard InChI is InChI=1S/C23H40N4O6S/c1-12(2)17(26-22(32)33-23(4,5)6)20(30)27-11-13(3)9-16(27)19(29)25-15(21(31)34)10-14-7-8-24-18(14)28/h12-17,21,31,34H,7-11H2,1-6H3,(H,24,28)(H,25,29)(H,26,32)/t13-,14-,15-,16-,17-,21-/m0/s1. The van der Waals surface area contributed by atoms with E-state index in [1.807, 2.05) is 20.8 Å². The van der Waals surface area contributed by atoms with Gasteiger partial charge in [0.15, 0.2) is 0 Å². The maximum atomic E-state index is 13.4. The number of nitrogens with one attached hydrogen (secondary N) is 3. The Morgan fingerprint density at radius 3 is 2.41 bits per heavy atom. The molecular weight excluding hydrogens is 460 g/mol. The van der Waals surface area contributed by atoms with Crippen LogP contribution in [0.1, 0.15) is 60.8 Å². The Morgan fingerprint density at radius 2 is 1.91 bits per heavy atom. The van der Waals surface area contributed by atoms with Gasteiger partial charge in [0, 0.05) is 19.0 Å². The number of ether oxygens (including phenoxy) is 1. The molecule has 2 fully saturated rings. The van der Waals surface area contributed by atoms with Gasteiger partial charge >= 0.3 is 6.09 Å². The first kappa shape index (κ1) is 28.2. The van der Waals surface area contributed by atoms with Gasteiger partial charge in [-0.25, -0.2) is 4.79 Å². The molecule has 194 valence electrons. The molecule has 2 heterocycles. The summed E-state index contributed by atoms with van der Waals surface area (Å²) in [6.07, 6.45) is 0.644. The van der Waals surface area contributed by atoms with Crippen molar-refractivity contribution in [1.82, 2.24) is 20.9 Å². The van der Waals surface area contributed by atoms with Crippen LogP contribution in [0.15, 0.2) is 0 Å². The molecule has 2 aliphatic heterocycles. The number of aliphatic hydroxyl groups excluding tert-OH is 1. The quantitative estimate of drug-likeness (QED) is 0.249. The van der Waals surface area contributed by atoms with Gasteiger partial charge in [0.1, 0.15) is 23.1 Å². The van der Waals surface area contributed by atoms with E-state index < -0.39 is 41.2 Å². The SMILES string of the molecule is CC(C)[C@H](NC(=O)OC(C)(C)C)C(=O)N1C[C@@H](C)C[C@H]1C(=O)N[C@@H](C[C@@H]1CCNC1=O)[C@@H](O)S. The number of rotatable bonds is 8. The molecule has 0 unspecified atom stereocenters. The van der Waals surface area contributed by atoms with Crippen molar-refractivity contribution in [3.8, 4) is 0 Å². The summed E-state index contributed by atoms with van der Waals surface area (Å²) in [4.78, 5) is 52.4. The number of hydrogen-bond acceptors (Lipinski definition) is 7. The van der Waals surface area contributed by atoms with Crippen LogP contribution in [-0.4, -0.2) is 76.1 Å². The molecule has 2 rings (SSSR count). The van der Waals surface area contributed by atoms with Crippen LogP contribution in [0.25, 0.3) is 0 Å². The second-order valence-electron chi connectivity index (χ2n) is 10.8. The average molecular weight is 501 g/mol. The number of carbonyl (C=O) groups is 4. The van der Waals surface area contributed by atoms with Crippen molar-refractivity contribution in [2.24, 2.45) is 17.8 Å². The summed E-state index contributed by atoms with van der Waals surface area (Å²) in [6.45, 7) is 11.7. The van der Waals surface area contributed by atoms with Crippen LogP contribution in [0.5, 0.6) is 0 Å². The fraction of sp³-hybridized carbons (Fsp3) is 0.826. The molecule has 2 aliphatic rings. The van der Waals surface area contributed by atoms with Crippen LogP contribution >= 0.6 is 12.6 Å². The van der Waals surface area contributed by atoms with E-state index in [0.717, 1.165) is 0 Å². The molecule has 0 bridgehead atoms. The molecule has 0 aliphatic carbocycles. The maximum absolute atomic E-state index is 13.4. The van der Waals surface area contributed by atoms with Gasteiger partial charge in [0.05, 0.1) is 6.04 Å². The van der Waals surface area contributed by atoms with Gasteiger partial charge in [-0.1, -0.05) is 20.8 Å². The Labute approximate surface area is 207 Å². The minimum atomic E-state index is -1.16. The van der Waals surface area contributed by atoms with Gasteiger partial charge in [-0.2, -0.15) is 0 Å². The Morgan fingerprint density at radius 1 is 1.26 bits per heavy atom. The first-order valence-corrected chi connectivity index (χ1v) is 12.5. The molecule has 4 N–H and O–H groups in total. The Hall–Kier alpha value is -2.01. The zero-order chi connectivity index (χ0) is 25.8. The second-order valence-corrected chi connectivity index (χ2v) is 11.3. The zero-order valence-corrected chi connectivity index (χ0v) is 21.9. The maximum Gasteiger partial charge on any atom is 0.408 e. The molecule has 0 spiro atoms.